The molecule has 0 saturated heterocycles. The number of ether oxygens (including phenoxy) is 1. The van der Waals surface area contributed by atoms with E-state index in [1.165, 1.54) is 25.5 Å². The normalized spacial score (nSPS) is 11.8. The number of pyridine rings is 2. The molecule has 0 unspecified atom stereocenters. The van der Waals surface area contributed by atoms with Crippen molar-refractivity contribution in [3.63, 3.8) is 0 Å². The molecule has 0 saturated carbocycles. The van der Waals surface area contributed by atoms with Crippen LogP contribution in [0.2, 0.25) is 0 Å². The summed E-state index contributed by atoms with van der Waals surface area (Å²) in [6.07, 6.45) is 4.44. The number of hydrogen-bond donors (Lipinski definition) is 2. The molecule has 8 nitrogen and oxygen atoms in total. The molecule has 11 heteroatoms. The summed E-state index contributed by atoms with van der Waals surface area (Å²) in [5.41, 5.74) is 1.50. The van der Waals surface area contributed by atoms with Gasteiger partial charge in [0.1, 0.15) is 11.5 Å². The van der Waals surface area contributed by atoms with Crippen molar-refractivity contribution in [1.29, 1.82) is 0 Å². The molecule has 0 aliphatic heterocycles. The lowest BCUT2D eigenvalue weighted by Gasteiger charge is -2.14. The van der Waals surface area contributed by atoms with Crippen LogP contribution in [0.1, 0.15) is 11.1 Å². The van der Waals surface area contributed by atoms with Gasteiger partial charge in [-0.1, -0.05) is 0 Å². The van der Waals surface area contributed by atoms with Crippen molar-refractivity contribution < 1.29 is 21.9 Å². The molecule has 3 heterocycles. The molecule has 3 aromatic heterocycles. The van der Waals surface area contributed by atoms with E-state index in [9.17, 15) is 22.0 Å². The Kier molecular flexibility index (Phi) is 5.53. The van der Waals surface area contributed by atoms with Crippen molar-refractivity contribution in [2.75, 3.05) is 7.05 Å². The molecule has 2 N–H and O–H groups in total. The number of nitrogens with one attached hydrogen (secondary N) is 2. The van der Waals surface area contributed by atoms with Gasteiger partial charge in [0.25, 0.3) is 5.56 Å². The van der Waals surface area contributed by atoms with Crippen LogP contribution < -0.4 is 15.0 Å². The van der Waals surface area contributed by atoms with Crippen molar-refractivity contribution >= 4 is 20.9 Å². The van der Waals surface area contributed by atoms with E-state index in [0.29, 0.717) is 28.1 Å². The number of halogens is 2. The number of aryl methyl sites for hydroxylation is 1. The third-order valence-electron chi connectivity index (χ3n) is 4.83. The molecule has 4 aromatic rings. The number of aromatic amines is 1. The summed E-state index contributed by atoms with van der Waals surface area (Å²) < 4.78 is 61.0. The van der Waals surface area contributed by atoms with Gasteiger partial charge in [-0.25, -0.2) is 26.9 Å². The lowest BCUT2D eigenvalue weighted by atomic mass is 10.2. The second-order valence-electron chi connectivity index (χ2n) is 7.06. The van der Waals surface area contributed by atoms with Crippen LogP contribution in [-0.2, 0) is 15.8 Å². The topological polar surface area (TPSA) is 106 Å². The average Bonchev–Trinajstić information content (AvgIpc) is 3.08. The van der Waals surface area contributed by atoms with Crippen molar-refractivity contribution in [3.8, 4) is 17.3 Å². The highest BCUT2D eigenvalue weighted by Crippen LogP contribution is 2.32. The van der Waals surface area contributed by atoms with E-state index in [-0.39, 0.29) is 28.6 Å². The zero-order valence-electron chi connectivity index (χ0n) is 17.0. The Hall–Kier alpha value is -3.57. The molecule has 0 bridgehead atoms. The lowest BCUT2D eigenvalue weighted by molar-refractivity contribution is 0.422. The van der Waals surface area contributed by atoms with Gasteiger partial charge in [0.15, 0.2) is 11.6 Å². The van der Waals surface area contributed by atoms with Crippen LogP contribution in [-0.4, -0.2) is 30.0 Å². The third-order valence-corrected chi connectivity index (χ3v) is 6.17. The predicted molar refractivity (Wildman–Crippen MR) is 115 cm³/mol. The molecule has 0 radical (unpaired) electrons. The van der Waals surface area contributed by atoms with Gasteiger partial charge in [-0.2, -0.15) is 0 Å². The van der Waals surface area contributed by atoms with E-state index in [0.717, 1.165) is 12.1 Å². The summed E-state index contributed by atoms with van der Waals surface area (Å²) in [6, 6.07) is 6.04. The summed E-state index contributed by atoms with van der Waals surface area (Å²) >= 11 is 0. The van der Waals surface area contributed by atoms with E-state index < -0.39 is 21.7 Å². The molecular weight excluding hydrogens is 442 g/mol. The molecule has 0 aliphatic rings. The number of H-pyrrole nitrogens is 1. The Bertz CT molecular complexity index is 1500. The van der Waals surface area contributed by atoms with Gasteiger partial charge in [0, 0.05) is 24.7 Å². The van der Waals surface area contributed by atoms with Crippen molar-refractivity contribution in [1.82, 2.24) is 19.3 Å². The largest absolute Gasteiger partial charge is 0.434 e. The van der Waals surface area contributed by atoms with E-state index in [1.54, 1.807) is 23.8 Å². The molecule has 0 fully saturated rings. The van der Waals surface area contributed by atoms with Gasteiger partial charge in [-0.05, 0) is 49.4 Å². The molecule has 0 amide bonds. The van der Waals surface area contributed by atoms with Gasteiger partial charge in [0.2, 0.25) is 15.9 Å². The summed E-state index contributed by atoms with van der Waals surface area (Å²) in [6.45, 7) is 1.75. The monoisotopic (exact) mass is 460 g/mol. The maximum Gasteiger partial charge on any atom is 0.257 e. The minimum Gasteiger partial charge on any atom is -0.434 e. The molecule has 1 aromatic carbocycles. The second-order valence-corrected chi connectivity index (χ2v) is 8.98. The number of sulfonamides is 1. The number of rotatable bonds is 6. The molecule has 32 heavy (non-hydrogen) atoms. The summed E-state index contributed by atoms with van der Waals surface area (Å²) in [5, 5.41) is 0.430. The van der Waals surface area contributed by atoms with Crippen molar-refractivity contribution in [2.24, 2.45) is 0 Å². The van der Waals surface area contributed by atoms with Crippen molar-refractivity contribution in [2.45, 2.75) is 12.7 Å². The summed E-state index contributed by atoms with van der Waals surface area (Å²) in [5.74, 6) is -2.36. The van der Waals surface area contributed by atoms with Gasteiger partial charge >= 0.3 is 0 Å². The first-order valence-corrected chi connectivity index (χ1v) is 11.1. The minimum absolute atomic E-state index is 0.0571. The van der Waals surface area contributed by atoms with E-state index in [2.05, 4.69) is 14.7 Å². The van der Waals surface area contributed by atoms with E-state index >= 15 is 0 Å². The fourth-order valence-corrected chi connectivity index (χ4v) is 4.08. The van der Waals surface area contributed by atoms with Crippen LogP contribution in [0.3, 0.4) is 0 Å². The number of fused-ring (bicyclic) bond motifs is 1. The first kappa shape index (κ1) is 21.7. The lowest BCUT2D eigenvalue weighted by Crippen LogP contribution is -2.20. The molecule has 4 rings (SSSR count). The molecular formula is C21H18F2N4O4S. The van der Waals surface area contributed by atoms with E-state index in [4.69, 9.17) is 4.74 Å². The highest BCUT2D eigenvalue weighted by Gasteiger charge is 2.19. The third kappa shape index (κ3) is 4.12. The standard InChI is InChI=1S/C21H18F2N4O4S/c1-12-10-27(16-5-6-25-20(28)19(12)16)17-7-13(11-32(29,30)24-2)9-26-21(17)31-18-4-3-14(22)8-15(18)23/h3-10,24H,11H2,1-2H3,(H,25,28). The molecule has 0 aliphatic carbocycles. The van der Waals surface area contributed by atoms with E-state index in [1.807, 2.05) is 0 Å². The van der Waals surface area contributed by atoms with Crippen LogP contribution in [0.25, 0.3) is 16.6 Å². The van der Waals surface area contributed by atoms with Crippen molar-refractivity contribution in [3.05, 3.63) is 82.0 Å². The second kappa shape index (κ2) is 8.17. The predicted octanol–water partition coefficient (Wildman–Crippen LogP) is 3.14. The maximum absolute atomic E-state index is 14.2. The Balaban J connectivity index is 1.91. The van der Waals surface area contributed by atoms with Crippen LogP contribution in [0.5, 0.6) is 11.6 Å². The average molecular weight is 460 g/mol. The Labute approximate surface area is 181 Å². The zero-order chi connectivity index (χ0) is 23.0. The Morgan fingerprint density at radius 3 is 2.72 bits per heavy atom. The molecule has 166 valence electrons. The highest BCUT2D eigenvalue weighted by atomic mass is 32.2. The molecule has 0 atom stereocenters. The minimum atomic E-state index is -3.60. The number of aromatic nitrogens is 3. The van der Waals surface area contributed by atoms with Crippen LogP contribution in [0.4, 0.5) is 8.78 Å². The first-order valence-electron chi connectivity index (χ1n) is 9.41. The quantitative estimate of drug-likeness (QED) is 0.460. The Morgan fingerprint density at radius 2 is 2.00 bits per heavy atom. The number of hydrogen-bond acceptors (Lipinski definition) is 5. The van der Waals surface area contributed by atoms with Crippen LogP contribution in [0.15, 0.2) is 53.7 Å². The molecule has 0 spiro atoms. The van der Waals surface area contributed by atoms with Gasteiger partial charge in [-0.15, -0.1) is 0 Å². The fourth-order valence-electron chi connectivity index (χ4n) is 3.34. The number of benzene rings is 1. The van der Waals surface area contributed by atoms with Crippen LogP contribution in [0, 0.1) is 18.6 Å². The number of nitrogens with zero attached hydrogens (tertiary/aromatic N) is 2. The van der Waals surface area contributed by atoms with Gasteiger partial charge < -0.3 is 14.3 Å². The smallest absolute Gasteiger partial charge is 0.257 e. The fraction of sp³-hybridized carbons (Fsp3) is 0.143. The summed E-state index contributed by atoms with van der Waals surface area (Å²) in [4.78, 5) is 19.1. The Morgan fingerprint density at radius 1 is 1.22 bits per heavy atom. The SMILES string of the molecule is CNS(=O)(=O)Cc1cnc(Oc2ccc(F)cc2F)c(-n2cc(C)c3c(=O)[nH]ccc32)c1. The first-order chi connectivity index (χ1) is 15.2. The highest BCUT2D eigenvalue weighted by molar-refractivity contribution is 7.88. The maximum atomic E-state index is 14.2. The van der Waals surface area contributed by atoms with Gasteiger partial charge in [-0.3, -0.25) is 4.79 Å². The summed E-state index contributed by atoms with van der Waals surface area (Å²) in [7, 11) is -2.30. The zero-order valence-corrected chi connectivity index (χ0v) is 17.8. The van der Waals surface area contributed by atoms with Crippen LogP contribution >= 0.6 is 0 Å². The van der Waals surface area contributed by atoms with Gasteiger partial charge in [0.05, 0.1) is 16.7 Å².